The van der Waals surface area contributed by atoms with Crippen molar-refractivity contribution in [1.29, 1.82) is 0 Å². The second-order valence-electron chi connectivity index (χ2n) is 8.87. The summed E-state index contributed by atoms with van der Waals surface area (Å²) in [4.78, 5) is 64.2. The first-order valence-corrected chi connectivity index (χ1v) is 11.6. The maximum Gasteiger partial charge on any atom is 0.303 e. The van der Waals surface area contributed by atoms with Gasteiger partial charge in [-0.15, -0.1) is 0 Å². The number of hydrogen-bond acceptors (Lipinski definition) is 13. The van der Waals surface area contributed by atoms with E-state index in [0.29, 0.717) is 4.88 Å². The number of aromatic nitrogens is 1. The highest BCUT2D eigenvalue weighted by molar-refractivity contribution is 7.17. The highest BCUT2D eigenvalue weighted by Gasteiger charge is 2.52. The molecule has 0 spiro atoms. The third-order valence-corrected chi connectivity index (χ3v) is 5.59. The molecule has 0 bridgehead atoms. The van der Waals surface area contributed by atoms with E-state index in [-0.39, 0.29) is 17.5 Å². The minimum absolute atomic E-state index is 0.121. The number of hydrogen-bond donors (Lipinski definition) is 1. The molecule has 0 saturated carbocycles. The van der Waals surface area contributed by atoms with Crippen LogP contribution < -0.4 is 5.32 Å². The van der Waals surface area contributed by atoms with E-state index < -0.39 is 59.9 Å². The van der Waals surface area contributed by atoms with E-state index >= 15 is 0 Å². The van der Waals surface area contributed by atoms with Crippen molar-refractivity contribution in [3.05, 3.63) is 11.1 Å². The summed E-state index contributed by atoms with van der Waals surface area (Å²) in [7, 11) is 0. The number of carbonyl (C=O) groups excluding carboxylic acids is 5. The number of anilines is 1. The van der Waals surface area contributed by atoms with E-state index in [1.165, 1.54) is 13.1 Å². The summed E-state index contributed by atoms with van der Waals surface area (Å²) in [5, 5.41) is 3.20. The number of nitrogens with zero attached hydrogens (tertiary/aromatic N) is 1. The summed E-state index contributed by atoms with van der Waals surface area (Å²) in [5.74, 6) is -2.91. The predicted molar refractivity (Wildman–Crippen MR) is 121 cm³/mol. The average molecular weight is 515 g/mol. The van der Waals surface area contributed by atoms with Gasteiger partial charge in [0.1, 0.15) is 12.7 Å². The van der Waals surface area contributed by atoms with Crippen molar-refractivity contribution in [3.63, 3.8) is 0 Å². The van der Waals surface area contributed by atoms with Gasteiger partial charge in [-0.1, -0.05) is 32.1 Å². The quantitative estimate of drug-likeness (QED) is 0.306. The number of ketones is 1. The highest BCUT2D eigenvalue weighted by atomic mass is 32.1. The Kier molecular flexibility index (Phi) is 9.32. The van der Waals surface area contributed by atoms with Gasteiger partial charge in [-0.3, -0.25) is 24.0 Å². The van der Waals surface area contributed by atoms with Crippen LogP contribution in [0.25, 0.3) is 0 Å². The lowest BCUT2D eigenvalue weighted by atomic mass is 9.90. The first kappa shape index (κ1) is 28.2. The minimum Gasteiger partial charge on any atom is -0.463 e. The number of Topliss-reactive ketones (excluding diaryl/α,β-unsaturated/α-hetero) is 1. The fourth-order valence-electron chi connectivity index (χ4n) is 3.28. The Balaban J connectivity index is 2.44. The standard InChI is InChI=1S/C22H30N2O10S/c1-10(25)30-9-14-16(31-11(2)26)17(32-12(3)27)18(33-13(4)28)20(34-14)24-21-23-8-15(35-21)19(29)22(5,6)7/h8,14,16-18,20H,9H2,1-7H3,(H,23,24)/t14-,16-,17+,18+,20+/m1/s1. The molecule has 5 atom stereocenters. The van der Waals surface area contributed by atoms with Crippen LogP contribution in [0, 0.1) is 5.41 Å². The minimum atomic E-state index is -1.30. The van der Waals surface area contributed by atoms with Gasteiger partial charge in [0.15, 0.2) is 35.5 Å². The van der Waals surface area contributed by atoms with Crippen LogP contribution >= 0.6 is 11.3 Å². The summed E-state index contributed by atoms with van der Waals surface area (Å²) >= 11 is 1.06. The molecule has 0 amide bonds. The molecule has 2 heterocycles. The van der Waals surface area contributed by atoms with E-state index in [4.69, 9.17) is 23.7 Å². The zero-order valence-electron chi connectivity index (χ0n) is 20.6. The molecule has 1 aromatic heterocycles. The van der Waals surface area contributed by atoms with Crippen molar-refractivity contribution in [2.45, 2.75) is 79.1 Å². The number of thiazole rings is 1. The van der Waals surface area contributed by atoms with E-state index in [1.807, 2.05) is 0 Å². The second-order valence-corrected chi connectivity index (χ2v) is 9.90. The Hall–Kier alpha value is -3.06. The lowest BCUT2D eigenvalue weighted by Gasteiger charge is -2.44. The maximum absolute atomic E-state index is 12.6. The summed E-state index contributed by atoms with van der Waals surface area (Å²) in [6, 6.07) is 0. The Labute approximate surface area is 206 Å². The van der Waals surface area contributed by atoms with Crippen LogP contribution in [-0.4, -0.2) is 71.9 Å². The van der Waals surface area contributed by atoms with Crippen molar-refractivity contribution in [2.75, 3.05) is 11.9 Å². The Morgan fingerprint density at radius 3 is 1.97 bits per heavy atom. The van der Waals surface area contributed by atoms with Crippen molar-refractivity contribution < 1.29 is 47.7 Å². The van der Waals surface area contributed by atoms with E-state index in [0.717, 1.165) is 32.1 Å². The Bertz CT molecular complexity index is 970. The highest BCUT2D eigenvalue weighted by Crippen LogP contribution is 2.32. The molecule has 0 radical (unpaired) electrons. The monoisotopic (exact) mass is 514 g/mol. The normalized spacial score (nSPS) is 24.1. The molecular weight excluding hydrogens is 484 g/mol. The maximum atomic E-state index is 12.6. The first-order chi connectivity index (χ1) is 16.2. The van der Waals surface area contributed by atoms with Crippen molar-refractivity contribution in [3.8, 4) is 0 Å². The Morgan fingerprint density at radius 2 is 1.46 bits per heavy atom. The molecule has 0 unspecified atom stereocenters. The molecule has 0 aliphatic carbocycles. The van der Waals surface area contributed by atoms with Crippen LogP contribution in [0.15, 0.2) is 6.20 Å². The van der Waals surface area contributed by atoms with Gasteiger partial charge in [-0.05, 0) is 0 Å². The number of ether oxygens (including phenoxy) is 5. The van der Waals surface area contributed by atoms with Gasteiger partial charge < -0.3 is 29.0 Å². The molecule has 1 aliphatic heterocycles. The van der Waals surface area contributed by atoms with Gasteiger partial charge in [-0.25, -0.2) is 4.98 Å². The molecule has 1 N–H and O–H groups in total. The molecule has 1 fully saturated rings. The molecule has 12 nitrogen and oxygen atoms in total. The molecule has 35 heavy (non-hydrogen) atoms. The molecule has 1 aromatic rings. The molecule has 2 rings (SSSR count). The molecule has 1 saturated heterocycles. The average Bonchev–Trinajstić information content (AvgIpc) is 3.17. The Morgan fingerprint density at radius 1 is 0.914 bits per heavy atom. The third kappa shape index (κ3) is 7.99. The number of rotatable bonds is 8. The van der Waals surface area contributed by atoms with Crippen molar-refractivity contribution >= 4 is 46.1 Å². The van der Waals surface area contributed by atoms with Gasteiger partial charge in [0.2, 0.25) is 0 Å². The van der Waals surface area contributed by atoms with Gasteiger partial charge in [0.05, 0.1) is 11.1 Å². The first-order valence-electron chi connectivity index (χ1n) is 10.8. The molecular formula is C22H30N2O10S. The third-order valence-electron chi connectivity index (χ3n) is 4.67. The number of nitrogens with one attached hydrogen (secondary N) is 1. The zero-order valence-corrected chi connectivity index (χ0v) is 21.4. The topological polar surface area (TPSA) is 156 Å². The van der Waals surface area contributed by atoms with Gasteiger partial charge in [0, 0.05) is 33.1 Å². The van der Waals surface area contributed by atoms with Crippen LogP contribution in [-0.2, 0) is 42.9 Å². The largest absolute Gasteiger partial charge is 0.463 e. The van der Waals surface area contributed by atoms with Gasteiger partial charge >= 0.3 is 23.9 Å². The zero-order chi connectivity index (χ0) is 26.5. The molecule has 0 aromatic carbocycles. The van der Waals surface area contributed by atoms with E-state index in [2.05, 4.69) is 10.3 Å². The fraction of sp³-hybridized carbons (Fsp3) is 0.636. The SMILES string of the molecule is CC(=O)OC[C@H]1O[C@H](Nc2ncc(C(=O)C(C)(C)C)s2)[C@@H](OC(C)=O)[C@@H](OC(C)=O)[C@@H]1OC(C)=O. The molecule has 13 heteroatoms. The summed E-state index contributed by atoms with van der Waals surface area (Å²) in [6.45, 7) is 9.61. The summed E-state index contributed by atoms with van der Waals surface area (Å²) < 4.78 is 27.1. The fourth-order valence-corrected chi connectivity index (χ4v) is 4.27. The summed E-state index contributed by atoms with van der Waals surface area (Å²) in [5.41, 5.74) is -0.627. The van der Waals surface area contributed by atoms with E-state index in [1.54, 1.807) is 20.8 Å². The van der Waals surface area contributed by atoms with Crippen LogP contribution in [0.4, 0.5) is 5.13 Å². The number of carbonyl (C=O) groups is 5. The van der Waals surface area contributed by atoms with Crippen LogP contribution in [0.1, 0.15) is 58.1 Å². The lowest BCUT2D eigenvalue weighted by molar-refractivity contribution is -0.247. The smallest absolute Gasteiger partial charge is 0.303 e. The molecule has 1 aliphatic rings. The second kappa shape index (κ2) is 11.6. The van der Waals surface area contributed by atoms with Crippen molar-refractivity contribution in [1.82, 2.24) is 4.98 Å². The summed E-state index contributed by atoms with van der Waals surface area (Å²) in [6.07, 6.45) is -4.69. The lowest BCUT2D eigenvalue weighted by Crippen LogP contribution is -2.64. The van der Waals surface area contributed by atoms with Gasteiger partial charge in [-0.2, -0.15) is 0 Å². The van der Waals surface area contributed by atoms with Crippen LogP contribution in [0.5, 0.6) is 0 Å². The van der Waals surface area contributed by atoms with Crippen molar-refractivity contribution in [2.24, 2.45) is 5.41 Å². The number of esters is 4. The van der Waals surface area contributed by atoms with Gasteiger partial charge in [0.25, 0.3) is 0 Å². The van der Waals surface area contributed by atoms with Crippen LogP contribution in [0.2, 0.25) is 0 Å². The van der Waals surface area contributed by atoms with Crippen LogP contribution in [0.3, 0.4) is 0 Å². The van der Waals surface area contributed by atoms with E-state index in [9.17, 15) is 24.0 Å². The molecule has 194 valence electrons. The predicted octanol–water partition coefficient (Wildman–Crippen LogP) is 1.87.